The van der Waals surface area contributed by atoms with Gasteiger partial charge in [0.15, 0.2) is 11.5 Å². The number of carbonyl (C=O) groups is 1. The molecule has 0 bridgehead atoms. The number of ether oxygens (including phenoxy) is 2. The van der Waals surface area contributed by atoms with E-state index in [2.05, 4.69) is 10.3 Å². The predicted octanol–water partition coefficient (Wildman–Crippen LogP) is 4.14. The number of hydrogen-bond acceptors (Lipinski definition) is 4. The molecule has 1 aromatic heterocycles. The van der Waals surface area contributed by atoms with Crippen LogP contribution in [0.4, 0.5) is 5.69 Å². The molecule has 27 heavy (non-hydrogen) atoms. The van der Waals surface area contributed by atoms with Crippen molar-refractivity contribution >= 4 is 11.6 Å². The highest BCUT2D eigenvalue weighted by Gasteiger charge is 2.12. The Bertz CT molecular complexity index is 934. The number of amides is 1. The number of hydrogen-bond donors (Lipinski definition) is 1. The lowest BCUT2D eigenvalue weighted by Crippen LogP contribution is -2.12. The lowest BCUT2D eigenvalue weighted by molar-refractivity contribution is 0.102. The normalized spacial score (nSPS) is 10.5. The van der Waals surface area contributed by atoms with Crippen LogP contribution in [0.2, 0.25) is 0 Å². The molecule has 3 rings (SSSR count). The van der Waals surface area contributed by atoms with Gasteiger partial charge in [0.05, 0.1) is 13.2 Å². The van der Waals surface area contributed by atoms with Gasteiger partial charge in [-0.15, -0.1) is 0 Å². The molecule has 0 spiro atoms. The summed E-state index contributed by atoms with van der Waals surface area (Å²) in [5.41, 5.74) is 2.14. The first kappa shape index (κ1) is 18.5. The van der Waals surface area contributed by atoms with Crippen LogP contribution in [0.25, 0.3) is 11.4 Å². The van der Waals surface area contributed by atoms with Crippen molar-refractivity contribution in [3.63, 3.8) is 0 Å². The van der Waals surface area contributed by atoms with Gasteiger partial charge in [0.25, 0.3) is 5.91 Å². The number of imidazole rings is 1. The van der Waals surface area contributed by atoms with Crippen LogP contribution in [0.15, 0.2) is 54.9 Å². The summed E-state index contributed by atoms with van der Waals surface area (Å²) in [5, 5.41) is 2.93. The molecule has 3 aromatic rings. The van der Waals surface area contributed by atoms with Crippen LogP contribution in [-0.4, -0.2) is 28.7 Å². The van der Waals surface area contributed by atoms with E-state index in [-0.39, 0.29) is 5.91 Å². The molecule has 0 saturated carbocycles. The zero-order valence-corrected chi connectivity index (χ0v) is 15.7. The Kier molecular flexibility index (Phi) is 5.76. The molecule has 0 fully saturated rings. The first-order valence-corrected chi connectivity index (χ1v) is 8.91. The smallest absolute Gasteiger partial charge is 0.255 e. The Morgan fingerprint density at radius 2 is 1.85 bits per heavy atom. The molecular formula is C21H23N3O3. The van der Waals surface area contributed by atoms with Gasteiger partial charge in [0.1, 0.15) is 5.82 Å². The molecule has 1 heterocycles. The van der Waals surface area contributed by atoms with Gasteiger partial charge >= 0.3 is 0 Å². The van der Waals surface area contributed by atoms with Crippen molar-refractivity contribution in [1.82, 2.24) is 9.55 Å². The maximum absolute atomic E-state index is 12.7. The first-order chi connectivity index (χ1) is 13.1. The molecule has 0 aliphatic carbocycles. The maximum Gasteiger partial charge on any atom is 0.255 e. The minimum absolute atomic E-state index is 0.212. The summed E-state index contributed by atoms with van der Waals surface area (Å²) in [4.78, 5) is 17.0. The summed E-state index contributed by atoms with van der Waals surface area (Å²) in [6, 6.07) is 12.8. The molecule has 1 N–H and O–H groups in total. The number of benzene rings is 2. The second-order valence-corrected chi connectivity index (χ2v) is 5.92. The van der Waals surface area contributed by atoms with Gasteiger partial charge in [-0.2, -0.15) is 0 Å². The van der Waals surface area contributed by atoms with Crippen molar-refractivity contribution in [1.29, 1.82) is 0 Å². The highest BCUT2D eigenvalue weighted by atomic mass is 16.5. The first-order valence-electron chi connectivity index (χ1n) is 8.91. The Labute approximate surface area is 158 Å². The summed E-state index contributed by atoms with van der Waals surface area (Å²) in [6.07, 6.45) is 3.63. The number of anilines is 1. The van der Waals surface area contributed by atoms with Crippen molar-refractivity contribution in [3.05, 3.63) is 60.4 Å². The Morgan fingerprint density at radius 1 is 1.07 bits per heavy atom. The van der Waals surface area contributed by atoms with Crippen LogP contribution in [0, 0.1) is 0 Å². The van der Waals surface area contributed by atoms with Crippen molar-refractivity contribution in [3.8, 4) is 22.9 Å². The maximum atomic E-state index is 12.7. The molecule has 6 heteroatoms. The predicted molar refractivity (Wildman–Crippen MR) is 105 cm³/mol. The summed E-state index contributed by atoms with van der Waals surface area (Å²) >= 11 is 0. The number of aromatic nitrogens is 2. The highest BCUT2D eigenvalue weighted by molar-refractivity contribution is 6.04. The fourth-order valence-corrected chi connectivity index (χ4v) is 2.78. The molecular weight excluding hydrogens is 342 g/mol. The zero-order chi connectivity index (χ0) is 19.2. The van der Waals surface area contributed by atoms with Crippen LogP contribution in [0.1, 0.15) is 24.2 Å². The third-order valence-corrected chi connectivity index (χ3v) is 4.01. The largest absolute Gasteiger partial charge is 0.490 e. The summed E-state index contributed by atoms with van der Waals surface area (Å²) in [7, 11) is 1.93. The number of carbonyl (C=O) groups excluding carboxylic acids is 1. The third kappa shape index (κ3) is 4.28. The van der Waals surface area contributed by atoms with E-state index < -0.39 is 0 Å². The number of nitrogens with one attached hydrogen (secondary N) is 1. The topological polar surface area (TPSA) is 65.4 Å². The van der Waals surface area contributed by atoms with E-state index in [0.29, 0.717) is 36.0 Å². The zero-order valence-electron chi connectivity index (χ0n) is 15.7. The lowest BCUT2D eigenvalue weighted by Gasteiger charge is -2.13. The van der Waals surface area contributed by atoms with Gasteiger partial charge in [-0.1, -0.05) is 12.1 Å². The van der Waals surface area contributed by atoms with Gasteiger partial charge in [-0.05, 0) is 44.2 Å². The van der Waals surface area contributed by atoms with Gasteiger partial charge in [0, 0.05) is 36.3 Å². The average Bonchev–Trinajstić information content (AvgIpc) is 3.10. The molecule has 0 radical (unpaired) electrons. The fraction of sp³-hybridized carbons (Fsp3) is 0.238. The molecule has 0 unspecified atom stereocenters. The standard InChI is InChI=1S/C21H23N3O3/c1-4-26-18-10-9-16(14-19(18)27-5-2)21(25)23-17-8-6-7-15(13-17)20-22-11-12-24(20)3/h6-14H,4-5H2,1-3H3,(H,23,25). The van der Waals surface area contributed by atoms with E-state index in [1.165, 1.54) is 0 Å². The van der Waals surface area contributed by atoms with Gasteiger partial charge in [0.2, 0.25) is 0 Å². The third-order valence-electron chi connectivity index (χ3n) is 4.01. The second-order valence-electron chi connectivity index (χ2n) is 5.92. The van der Waals surface area contributed by atoms with Gasteiger partial charge < -0.3 is 19.4 Å². The highest BCUT2D eigenvalue weighted by Crippen LogP contribution is 2.29. The van der Waals surface area contributed by atoms with Crippen LogP contribution >= 0.6 is 0 Å². The van der Waals surface area contributed by atoms with Crippen LogP contribution in [0.3, 0.4) is 0 Å². The molecule has 1 amide bonds. The van der Waals surface area contributed by atoms with Crippen molar-refractivity contribution in [2.45, 2.75) is 13.8 Å². The minimum atomic E-state index is -0.212. The second kappa shape index (κ2) is 8.40. The van der Waals surface area contributed by atoms with Crippen molar-refractivity contribution in [2.24, 2.45) is 7.05 Å². The fourth-order valence-electron chi connectivity index (χ4n) is 2.78. The molecule has 0 aliphatic heterocycles. The SMILES string of the molecule is CCOc1ccc(C(=O)Nc2cccc(-c3nccn3C)c2)cc1OCC. The molecule has 0 atom stereocenters. The number of rotatable bonds is 7. The van der Waals surface area contributed by atoms with Crippen LogP contribution in [-0.2, 0) is 7.05 Å². The summed E-state index contributed by atoms with van der Waals surface area (Å²) in [5.74, 6) is 1.82. The Balaban J connectivity index is 1.81. The van der Waals surface area contributed by atoms with Crippen LogP contribution < -0.4 is 14.8 Å². The molecule has 2 aromatic carbocycles. The van der Waals surface area contributed by atoms with E-state index in [1.807, 2.05) is 55.9 Å². The Hall–Kier alpha value is -3.28. The van der Waals surface area contributed by atoms with E-state index in [0.717, 1.165) is 11.4 Å². The van der Waals surface area contributed by atoms with E-state index in [9.17, 15) is 4.79 Å². The van der Waals surface area contributed by atoms with E-state index >= 15 is 0 Å². The van der Waals surface area contributed by atoms with Crippen LogP contribution in [0.5, 0.6) is 11.5 Å². The monoisotopic (exact) mass is 365 g/mol. The minimum Gasteiger partial charge on any atom is -0.490 e. The molecule has 0 aliphatic rings. The molecule has 140 valence electrons. The summed E-state index contributed by atoms with van der Waals surface area (Å²) in [6.45, 7) is 4.83. The average molecular weight is 365 g/mol. The molecule has 0 saturated heterocycles. The number of nitrogens with zero attached hydrogens (tertiary/aromatic N) is 2. The van der Waals surface area contributed by atoms with E-state index in [1.54, 1.807) is 24.4 Å². The number of aryl methyl sites for hydroxylation is 1. The van der Waals surface area contributed by atoms with Gasteiger partial charge in [-0.25, -0.2) is 4.98 Å². The Morgan fingerprint density at radius 3 is 2.56 bits per heavy atom. The van der Waals surface area contributed by atoms with E-state index in [4.69, 9.17) is 9.47 Å². The lowest BCUT2D eigenvalue weighted by atomic mass is 10.1. The van der Waals surface area contributed by atoms with Crippen molar-refractivity contribution in [2.75, 3.05) is 18.5 Å². The molecule has 6 nitrogen and oxygen atoms in total. The van der Waals surface area contributed by atoms with Gasteiger partial charge in [-0.3, -0.25) is 4.79 Å². The quantitative estimate of drug-likeness (QED) is 0.683. The van der Waals surface area contributed by atoms with Crippen molar-refractivity contribution < 1.29 is 14.3 Å². The summed E-state index contributed by atoms with van der Waals surface area (Å²) < 4.78 is 13.1.